The van der Waals surface area contributed by atoms with E-state index >= 15 is 0 Å². The Morgan fingerprint density at radius 2 is 2.07 bits per heavy atom. The maximum absolute atomic E-state index is 12.2. The minimum absolute atomic E-state index is 0.298. The van der Waals surface area contributed by atoms with Crippen LogP contribution >= 0.6 is 0 Å². The van der Waals surface area contributed by atoms with Crippen molar-refractivity contribution < 1.29 is 9.53 Å². The van der Waals surface area contributed by atoms with Gasteiger partial charge in [-0.3, -0.25) is 0 Å². The minimum Gasteiger partial charge on any atom is -0.449 e. The quantitative estimate of drug-likeness (QED) is 0.642. The molecule has 1 aromatic heterocycles. The fourth-order valence-electron chi connectivity index (χ4n) is 3.81. The van der Waals surface area contributed by atoms with Gasteiger partial charge in [0.25, 0.3) is 0 Å². The molecule has 1 amide bonds. The molecular formula is C22H24N4O2. The third kappa shape index (κ3) is 4.09. The third-order valence-corrected chi connectivity index (χ3v) is 5.27. The van der Waals surface area contributed by atoms with Crippen LogP contribution in [0.2, 0.25) is 0 Å². The van der Waals surface area contributed by atoms with Crippen molar-refractivity contribution in [3.63, 3.8) is 0 Å². The molecule has 0 saturated carbocycles. The van der Waals surface area contributed by atoms with Gasteiger partial charge in [-0.1, -0.05) is 24.3 Å². The Balaban J connectivity index is 1.33. The lowest BCUT2D eigenvalue weighted by Crippen LogP contribution is -2.37. The van der Waals surface area contributed by atoms with E-state index in [1.165, 1.54) is 11.1 Å². The van der Waals surface area contributed by atoms with E-state index in [1.54, 1.807) is 4.90 Å². The molecule has 1 aromatic carbocycles. The Hall–Kier alpha value is -3.07. The van der Waals surface area contributed by atoms with Crippen LogP contribution in [0, 0.1) is 12.3 Å². The summed E-state index contributed by atoms with van der Waals surface area (Å²) in [6.07, 6.45) is 10.7. The largest absolute Gasteiger partial charge is 0.449 e. The molecule has 4 rings (SSSR count). The molecule has 0 fully saturated rings. The maximum Gasteiger partial charge on any atom is 0.410 e. The number of nitrogens with zero attached hydrogens (tertiary/aromatic N) is 3. The zero-order chi connectivity index (χ0) is 19.3. The second-order valence-corrected chi connectivity index (χ2v) is 7.28. The number of aromatic nitrogens is 2. The lowest BCUT2D eigenvalue weighted by molar-refractivity contribution is 0.0968. The van der Waals surface area contributed by atoms with Gasteiger partial charge in [0, 0.05) is 37.2 Å². The van der Waals surface area contributed by atoms with E-state index < -0.39 is 0 Å². The summed E-state index contributed by atoms with van der Waals surface area (Å²) in [5, 5.41) is 3.47. The topological polar surface area (TPSA) is 67.3 Å². The summed E-state index contributed by atoms with van der Waals surface area (Å²) < 4.78 is 5.28. The number of amides is 1. The fraction of sp³-hybridized carbons (Fsp3) is 0.409. The van der Waals surface area contributed by atoms with Gasteiger partial charge in [0.05, 0.1) is 18.8 Å². The molecule has 1 aliphatic carbocycles. The van der Waals surface area contributed by atoms with Crippen molar-refractivity contribution in [3.05, 3.63) is 52.8 Å². The molecule has 144 valence electrons. The second-order valence-electron chi connectivity index (χ2n) is 7.28. The van der Waals surface area contributed by atoms with Gasteiger partial charge in [0.2, 0.25) is 5.95 Å². The first-order valence-corrected chi connectivity index (χ1v) is 9.76. The van der Waals surface area contributed by atoms with Crippen LogP contribution in [-0.4, -0.2) is 40.2 Å². The Morgan fingerprint density at radius 1 is 1.29 bits per heavy atom. The number of unbranched alkanes of at least 4 members (excludes halogenated alkanes) is 1. The number of fused-ring (bicyclic) bond motifs is 2. The highest BCUT2D eigenvalue weighted by atomic mass is 16.6. The first kappa shape index (κ1) is 18.3. The number of nitrogens with one attached hydrogen (secondary N) is 1. The lowest BCUT2D eigenvalue weighted by Gasteiger charge is -2.27. The van der Waals surface area contributed by atoms with Gasteiger partial charge in [-0.15, -0.1) is 12.3 Å². The normalized spacial score (nSPS) is 15.5. The lowest BCUT2D eigenvalue weighted by atomic mass is 10.1. The van der Waals surface area contributed by atoms with Crippen LogP contribution in [0.4, 0.5) is 10.7 Å². The van der Waals surface area contributed by atoms with Gasteiger partial charge in [-0.05, 0) is 30.4 Å². The standard InChI is InChI=1S/C22H24N4O2/c1-2-3-6-11-28-22(27)26-10-9-20-18(15-26)14-23-21(25-20)24-19-12-16-7-4-5-8-17(16)13-19/h1,4-5,7-8,14,19H,3,6,9-13,15H2,(H,23,24,25). The Kier molecular flexibility index (Phi) is 5.43. The van der Waals surface area contributed by atoms with Crippen molar-refractivity contribution in [1.29, 1.82) is 0 Å². The highest BCUT2D eigenvalue weighted by Gasteiger charge is 2.25. The molecule has 0 atom stereocenters. The van der Waals surface area contributed by atoms with Gasteiger partial charge >= 0.3 is 6.09 Å². The monoisotopic (exact) mass is 376 g/mol. The van der Waals surface area contributed by atoms with Crippen LogP contribution in [0.15, 0.2) is 30.5 Å². The molecule has 0 unspecified atom stereocenters. The van der Waals surface area contributed by atoms with Gasteiger partial charge in [-0.25, -0.2) is 14.8 Å². The number of hydrogen-bond acceptors (Lipinski definition) is 5. The van der Waals surface area contributed by atoms with Gasteiger partial charge in [0.15, 0.2) is 0 Å². The van der Waals surface area contributed by atoms with E-state index in [0.717, 1.165) is 24.1 Å². The van der Waals surface area contributed by atoms with E-state index in [9.17, 15) is 4.79 Å². The van der Waals surface area contributed by atoms with Crippen molar-refractivity contribution in [1.82, 2.24) is 14.9 Å². The van der Waals surface area contributed by atoms with E-state index in [-0.39, 0.29) is 6.09 Å². The van der Waals surface area contributed by atoms with Crippen LogP contribution in [0.3, 0.4) is 0 Å². The van der Waals surface area contributed by atoms with Crippen molar-refractivity contribution >= 4 is 12.0 Å². The average Bonchev–Trinajstić information content (AvgIpc) is 3.13. The van der Waals surface area contributed by atoms with Crippen LogP contribution in [0.1, 0.15) is 35.2 Å². The number of ether oxygens (including phenoxy) is 1. The average molecular weight is 376 g/mol. The fourth-order valence-corrected chi connectivity index (χ4v) is 3.81. The van der Waals surface area contributed by atoms with Gasteiger partial charge in [-0.2, -0.15) is 0 Å². The molecule has 1 N–H and O–H groups in total. The van der Waals surface area contributed by atoms with E-state index in [0.29, 0.717) is 50.9 Å². The molecule has 2 aliphatic rings. The van der Waals surface area contributed by atoms with E-state index in [1.807, 2.05) is 6.20 Å². The first-order valence-electron chi connectivity index (χ1n) is 9.76. The van der Waals surface area contributed by atoms with Crippen molar-refractivity contribution in [2.45, 2.75) is 44.7 Å². The number of carbonyl (C=O) groups excluding carboxylic acids is 1. The highest BCUT2D eigenvalue weighted by Crippen LogP contribution is 2.24. The summed E-state index contributed by atoms with van der Waals surface area (Å²) >= 11 is 0. The number of carbonyl (C=O) groups is 1. The predicted octanol–water partition coefficient (Wildman–Crippen LogP) is 2.96. The third-order valence-electron chi connectivity index (χ3n) is 5.27. The van der Waals surface area contributed by atoms with Crippen LogP contribution < -0.4 is 5.32 Å². The zero-order valence-electron chi connectivity index (χ0n) is 15.9. The smallest absolute Gasteiger partial charge is 0.410 e. The molecular weight excluding hydrogens is 352 g/mol. The second kappa shape index (κ2) is 8.30. The van der Waals surface area contributed by atoms with Crippen molar-refractivity contribution in [3.8, 4) is 12.3 Å². The molecule has 6 heteroatoms. The van der Waals surface area contributed by atoms with E-state index in [2.05, 4.69) is 40.5 Å². The number of hydrogen-bond donors (Lipinski definition) is 1. The number of benzene rings is 1. The number of rotatable bonds is 5. The molecule has 1 aliphatic heterocycles. The Labute approximate surface area is 165 Å². The van der Waals surface area contributed by atoms with Crippen LogP contribution in [0.25, 0.3) is 0 Å². The van der Waals surface area contributed by atoms with Crippen LogP contribution in [-0.2, 0) is 30.5 Å². The van der Waals surface area contributed by atoms with Gasteiger partial charge < -0.3 is 15.0 Å². The highest BCUT2D eigenvalue weighted by molar-refractivity contribution is 5.68. The zero-order valence-corrected chi connectivity index (χ0v) is 15.9. The molecule has 2 aromatic rings. The number of terminal acetylenes is 1. The van der Waals surface area contributed by atoms with Crippen LogP contribution in [0.5, 0.6) is 0 Å². The Bertz CT molecular complexity index is 881. The van der Waals surface area contributed by atoms with E-state index in [4.69, 9.17) is 16.1 Å². The molecule has 2 heterocycles. The molecule has 28 heavy (non-hydrogen) atoms. The molecule has 6 nitrogen and oxygen atoms in total. The predicted molar refractivity (Wildman–Crippen MR) is 107 cm³/mol. The molecule has 0 saturated heterocycles. The summed E-state index contributed by atoms with van der Waals surface area (Å²) in [7, 11) is 0. The molecule has 0 spiro atoms. The first-order chi connectivity index (χ1) is 13.7. The number of anilines is 1. The Morgan fingerprint density at radius 3 is 2.82 bits per heavy atom. The summed E-state index contributed by atoms with van der Waals surface area (Å²) in [5.41, 5.74) is 4.78. The summed E-state index contributed by atoms with van der Waals surface area (Å²) in [4.78, 5) is 23.0. The summed E-state index contributed by atoms with van der Waals surface area (Å²) in [5.74, 6) is 3.21. The molecule has 0 radical (unpaired) electrons. The summed E-state index contributed by atoms with van der Waals surface area (Å²) in [6.45, 7) is 1.44. The van der Waals surface area contributed by atoms with Crippen molar-refractivity contribution in [2.24, 2.45) is 0 Å². The minimum atomic E-state index is -0.298. The maximum atomic E-state index is 12.2. The van der Waals surface area contributed by atoms with Crippen molar-refractivity contribution in [2.75, 3.05) is 18.5 Å². The SMILES string of the molecule is C#CCCCOC(=O)N1CCc2nc(NC3Cc4ccccc4C3)ncc2C1. The summed E-state index contributed by atoms with van der Waals surface area (Å²) in [6, 6.07) is 8.87. The van der Waals surface area contributed by atoms with Gasteiger partial charge in [0.1, 0.15) is 0 Å². The molecule has 0 bridgehead atoms.